The lowest BCUT2D eigenvalue weighted by Gasteiger charge is -2.31. The van der Waals surface area contributed by atoms with Gasteiger partial charge in [0.2, 0.25) is 0 Å². The van der Waals surface area contributed by atoms with Crippen LogP contribution < -0.4 is 9.47 Å². The van der Waals surface area contributed by atoms with Crippen molar-refractivity contribution in [3.63, 3.8) is 0 Å². The van der Waals surface area contributed by atoms with Gasteiger partial charge in [-0.2, -0.15) is 0 Å². The van der Waals surface area contributed by atoms with Crippen LogP contribution in [-0.4, -0.2) is 5.79 Å². The summed E-state index contributed by atoms with van der Waals surface area (Å²) in [5.41, 5.74) is 1.65. The molecule has 2 aromatic carbocycles. The summed E-state index contributed by atoms with van der Waals surface area (Å²) in [7, 11) is 0. The van der Waals surface area contributed by atoms with Crippen LogP contribution in [0.1, 0.15) is 25.0 Å². The first-order valence-corrected chi connectivity index (χ1v) is 7.18. The van der Waals surface area contributed by atoms with Gasteiger partial charge in [0.1, 0.15) is 16.9 Å². The van der Waals surface area contributed by atoms with E-state index in [4.69, 9.17) is 32.7 Å². The Bertz CT molecular complexity index is 684. The van der Waals surface area contributed by atoms with E-state index in [-0.39, 0.29) is 0 Å². The number of benzene rings is 2. The number of hydrogen-bond acceptors (Lipinski definition) is 2. The average molecular weight is 307 g/mol. The summed E-state index contributed by atoms with van der Waals surface area (Å²) in [4.78, 5) is 0. The Hall–Kier alpha value is -1.38. The maximum atomic E-state index is 6.16. The molecule has 0 aromatic heterocycles. The molecule has 20 heavy (non-hydrogen) atoms. The molecule has 2 nitrogen and oxygen atoms in total. The minimum absolute atomic E-state index is 0.423. The van der Waals surface area contributed by atoms with E-state index < -0.39 is 11.2 Å². The molecule has 4 heteroatoms. The fourth-order valence-electron chi connectivity index (χ4n) is 3.24. The van der Waals surface area contributed by atoms with Crippen molar-refractivity contribution in [3.8, 4) is 11.5 Å². The lowest BCUT2D eigenvalue weighted by atomic mass is 9.73. The van der Waals surface area contributed by atoms with Crippen molar-refractivity contribution in [1.82, 2.24) is 0 Å². The maximum Gasteiger partial charge on any atom is 0.261 e. The van der Waals surface area contributed by atoms with E-state index >= 15 is 0 Å². The number of ether oxygens (including phenoxy) is 2. The maximum absolute atomic E-state index is 6.16. The van der Waals surface area contributed by atoms with Crippen molar-refractivity contribution >= 4 is 23.2 Å². The molecule has 0 atom stereocenters. The van der Waals surface area contributed by atoms with E-state index in [1.807, 2.05) is 43.3 Å². The van der Waals surface area contributed by atoms with Crippen LogP contribution in [0.15, 0.2) is 36.4 Å². The van der Waals surface area contributed by atoms with E-state index in [1.165, 1.54) is 0 Å². The van der Waals surface area contributed by atoms with Crippen molar-refractivity contribution in [3.05, 3.63) is 57.6 Å². The lowest BCUT2D eigenvalue weighted by Crippen LogP contribution is -2.47. The summed E-state index contributed by atoms with van der Waals surface area (Å²) >= 11 is 12.3. The Morgan fingerprint density at radius 3 is 1.70 bits per heavy atom. The standard InChI is InChI=1S/C16H12Cl2O2/c1-15-11-7-9(17)3-5-13(11)19-16(15,2)20-14-6-4-10(18)8-12(14)15/h3-8H,1-2H3. The number of halogens is 2. The van der Waals surface area contributed by atoms with Gasteiger partial charge in [0, 0.05) is 28.1 Å². The van der Waals surface area contributed by atoms with Crippen LogP contribution in [-0.2, 0) is 5.41 Å². The van der Waals surface area contributed by atoms with Crippen LogP contribution in [0.4, 0.5) is 0 Å². The molecule has 0 saturated carbocycles. The summed E-state index contributed by atoms with van der Waals surface area (Å²) in [6, 6.07) is 11.3. The van der Waals surface area contributed by atoms with Crippen molar-refractivity contribution in [1.29, 1.82) is 0 Å². The molecule has 2 heterocycles. The Kier molecular flexibility index (Phi) is 2.24. The zero-order valence-electron chi connectivity index (χ0n) is 11.0. The monoisotopic (exact) mass is 306 g/mol. The summed E-state index contributed by atoms with van der Waals surface area (Å²) < 4.78 is 12.1. The first-order chi connectivity index (χ1) is 9.44. The minimum atomic E-state index is -0.771. The van der Waals surface area contributed by atoms with Crippen LogP contribution in [0.25, 0.3) is 0 Å². The predicted octanol–water partition coefficient (Wildman–Crippen LogP) is 4.80. The van der Waals surface area contributed by atoms with Crippen molar-refractivity contribution in [2.75, 3.05) is 0 Å². The Labute approximate surface area is 127 Å². The van der Waals surface area contributed by atoms with E-state index in [9.17, 15) is 0 Å². The molecule has 0 unspecified atom stereocenters. The van der Waals surface area contributed by atoms with Gasteiger partial charge >= 0.3 is 0 Å². The molecule has 0 N–H and O–H groups in total. The quantitative estimate of drug-likeness (QED) is 0.696. The van der Waals surface area contributed by atoms with Gasteiger partial charge in [0.15, 0.2) is 0 Å². The van der Waals surface area contributed by atoms with Gasteiger partial charge in [0.05, 0.1) is 0 Å². The number of hydrogen-bond donors (Lipinski definition) is 0. The van der Waals surface area contributed by atoms with E-state index in [2.05, 4.69) is 6.92 Å². The van der Waals surface area contributed by atoms with E-state index in [0.29, 0.717) is 10.0 Å². The third-order valence-electron chi connectivity index (χ3n) is 4.48. The Morgan fingerprint density at radius 1 is 0.800 bits per heavy atom. The summed E-state index contributed by atoms with van der Waals surface area (Å²) in [6.45, 7) is 4.06. The Balaban J connectivity index is 2.05. The SMILES string of the molecule is CC12Oc3ccc(Cl)cc3C1(C)c1cc(Cl)ccc1O2. The molecule has 0 aliphatic carbocycles. The predicted molar refractivity (Wildman–Crippen MR) is 79.0 cm³/mol. The summed E-state index contributed by atoms with van der Waals surface area (Å²) in [6.07, 6.45) is 0. The fourth-order valence-corrected chi connectivity index (χ4v) is 3.59. The van der Waals surface area contributed by atoms with Gasteiger partial charge < -0.3 is 9.47 Å². The zero-order chi connectivity index (χ0) is 14.1. The molecule has 0 fully saturated rings. The molecule has 2 aliphatic heterocycles. The second-order valence-electron chi connectivity index (χ2n) is 5.56. The first-order valence-electron chi connectivity index (χ1n) is 6.42. The van der Waals surface area contributed by atoms with Gasteiger partial charge in [0.25, 0.3) is 5.79 Å². The van der Waals surface area contributed by atoms with E-state index in [1.54, 1.807) is 0 Å². The third kappa shape index (κ3) is 1.31. The van der Waals surface area contributed by atoms with Gasteiger partial charge in [-0.3, -0.25) is 0 Å². The second kappa shape index (κ2) is 3.63. The van der Waals surface area contributed by atoms with Crippen molar-refractivity contribution < 1.29 is 9.47 Å². The molecule has 0 radical (unpaired) electrons. The molecule has 2 aromatic rings. The molecule has 0 spiro atoms. The normalized spacial score (nSPS) is 29.2. The average Bonchev–Trinajstić information content (AvgIpc) is 2.74. The van der Waals surface area contributed by atoms with Crippen LogP contribution in [0, 0.1) is 0 Å². The Morgan fingerprint density at radius 2 is 1.25 bits per heavy atom. The third-order valence-corrected chi connectivity index (χ3v) is 4.95. The lowest BCUT2D eigenvalue weighted by molar-refractivity contribution is -0.0992. The second-order valence-corrected chi connectivity index (χ2v) is 6.43. The van der Waals surface area contributed by atoms with E-state index in [0.717, 1.165) is 22.6 Å². The summed E-state index contributed by atoms with van der Waals surface area (Å²) in [5, 5.41) is 1.38. The number of fused-ring (bicyclic) bond motifs is 5. The fraction of sp³-hybridized carbons (Fsp3) is 0.250. The first kappa shape index (κ1) is 12.4. The molecular weight excluding hydrogens is 295 g/mol. The minimum Gasteiger partial charge on any atom is -0.451 e. The van der Waals surface area contributed by atoms with Crippen LogP contribution in [0.5, 0.6) is 11.5 Å². The molecule has 0 saturated heterocycles. The largest absolute Gasteiger partial charge is 0.451 e. The smallest absolute Gasteiger partial charge is 0.261 e. The highest BCUT2D eigenvalue weighted by molar-refractivity contribution is 6.31. The van der Waals surface area contributed by atoms with Crippen LogP contribution in [0.3, 0.4) is 0 Å². The highest BCUT2D eigenvalue weighted by atomic mass is 35.5. The molecule has 102 valence electrons. The van der Waals surface area contributed by atoms with Gasteiger partial charge in [-0.25, -0.2) is 0 Å². The van der Waals surface area contributed by atoms with Crippen molar-refractivity contribution in [2.45, 2.75) is 25.0 Å². The molecule has 0 amide bonds. The van der Waals surface area contributed by atoms with Gasteiger partial charge in [-0.1, -0.05) is 23.2 Å². The van der Waals surface area contributed by atoms with Crippen LogP contribution in [0.2, 0.25) is 10.0 Å². The summed E-state index contributed by atoms with van der Waals surface area (Å²) in [5.74, 6) is 0.850. The molecular formula is C16H12Cl2O2. The topological polar surface area (TPSA) is 18.5 Å². The van der Waals surface area contributed by atoms with Gasteiger partial charge in [-0.15, -0.1) is 0 Å². The molecule has 0 bridgehead atoms. The van der Waals surface area contributed by atoms with Gasteiger partial charge in [-0.05, 0) is 43.3 Å². The number of rotatable bonds is 0. The van der Waals surface area contributed by atoms with Crippen molar-refractivity contribution in [2.24, 2.45) is 0 Å². The zero-order valence-corrected chi connectivity index (χ0v) is 12.5. The van der Waals surface area contributed by atoms with Crippen LogP contribution >= 0.6 is 23.2 Å². The highest BCUT2D eigenvalue weighted by Gasteiger charge is 2.63. The molecule has 2 aliphatic rings. The highest BCUT2D eigenvalue weighted by Crippen LogP contribution is 2.60. The molecule has 4 rings (SSSR count).